The van der Waals surface area contributed by atoms with Gasteiger partial charge in [0, 0.05) is 12.3 Å². The van der Waals surface area contributed by atoms with Gasteiger partial charge in [-0.25, -0.2) is 9.97 Å². The highest BCUT2D eigenvalue weighted by Gasteiger charge is 2.15. The second-order valence-corrected chi connectivity index (χ2v) is 6.10. The number of methoxy groups -OCH3 is 1. The van der Waals surface area contributed by atoms with E-state index >= 15 is 0 Å². The van der Waals surface area contributed by atoms with Gasteiger partial charge in [0.1, 0.15) is 30.1 Å². The van der Waals surface area contributed by atoms with Crippen LogP contribution in [0.15, 0.2) is 42.9 Å². The molecule has 0 saturated carbocycles. The lowest BCUT2D eigenvalue weighted by atomic mass is 10.2. The van der Waals surface area contributed by atoms with Crippen molar-refractivity contribution < 1.29 is 14.3 Å². The molecule has 0 fully saturated rings. The van der Waals surface area contributed by atoms with Crippen molar-refractivity contribution in [1.82, 2.24) is 25.5 Å². The molecule has 1 aromatic carbocycles. The Morgan fingerprint density at radius 1 is 1.33 bits per heavy atom. The van der Waals surface area contributed by atoms with E-state index in [1.54, 1.807) is 43.6 Å². The van der Waals surface area contributed by atoms with E-state index in [1.807, 2.05) is 6.92 Å². The number of H-pyrrole nitrogens is 1. The van der Waals surface area contributed by atoms with Crippen molar-refractivity contribution in [2.24, 2.45) is 0 Å². The summed E-state index contributed by atoms with van der Waals surface area (Å²) in [6.07, 6.45) is 3.06. The van der Waals surface area contributed by atoms with Gasteiger partial charge < -0.3 is 14.8 Å². The molecule has 1 amide bonds. The van der Waals surface area contributed by atoms with E-state index in [4.69, 9.17) is 21.1 Å². The summed E-state index contributed by atoms with van der Waals surface area (Å²) in [4.78, 5) is 20.3. The Balaban J connectivity index is 1.58. The van der Waals surface area contributed by atoms with E-state index in [2.05, 4.69) is 25.5 Å². The third kappa shape index (κ3) is 4.73. The Hall–Kier alpha value is -3.13. The number of benzene rings is 1. The van der Waals surface area contributed by atoms with Crippen LogP contribution in [-0.2, 0) is 6.61 Å². The average Bonchev–Trinajstić information content (AvgIpc) is 3.16. The second kappa shape index (κ2) is 8.50. The number of nitrogens with zero attached hydrogens (tertiary/aromatic N) is 3. The largest absolute Gasteiger partial charge is 0.497 e. The van der Waals surface area contributed by atoms with Gasteiger partial charge in [-0.05, 0) is 31.2 Å². The molecule has 9 heteroatoms. The number of carbonyl (C=O) groups excluding carboxylic acids is 1. The number of aromatic nitrogens is 4. The molecule has 27 heavy (non-hydrogen) atoms. The molecule has 0 aliphatic heterocycles. The van der Waals surface area contributed by atoms with Crippen molar-refractivity contribution in [3.8, 4) is 11.5 Å². The Labute approximate surface area is 160 Å². The molecule has 0 aliphatic carbocycles. The van der Waals surface area contributed by atoms with Crippen LogP contribution in [0, 0.1) is 0 Å². The van der Waals surface area contributed by atoms with E-state index in [0.29, 0.717) is 27.9 Å². The molecule has 3 aromatic rings. The van der Waals surface area contributed by atoms with Gasteiger partial charge in [-0.2, -0.15) is 5.10 Å². The van der Waals surface area contributed by atoms with Crippen LogP contribution in [0.1, 0.15) is 34.8 Å². The molecule has 1 atom stereocenters. The predicted octanol–water partition coefficient (Wildman–Crippen LogP) is 2.93. The Morgan fingerprint density at radius 2 is 2.19 bits per heavy atom. The molecule has 3 rings (SSSR count). The smallest absolute Gasteiger partial charge is 0.272 e. The fourth-order valence-electron chi connectivity index (χ4n) is 2.33. The third-order valence-corrected chi connectivity index (χ3v) is 4.08. The van der Waals surface area contributed by atoms with Crippen LogP contribution in [-0.4, -0.2) is 33.2 Å². The SMILES string of the molecule is COc1ccc(OCc2cc(C(=O)N[C@H](C)c3ccncn3)n[nH]2)c(Cl)c1. The van der Waals surface area contributed by atoms with Gasteiger partial charge in [-0.15, -0.1) is 0 Å². The second-order valence-electron chi connectivity index (χ2n) is 5.69. The lowest BCUT2D eigenvalue weighted by Gasteiger charge is -2.11. The molecule has 0 radical (unpaired) electrons. The molecule has 0 bridgehead atoms. The summed E-state index contributed by atoms with van der Waals surface area (Å²) in [5.41, 5.74) is 1.61. The number of rotatable bonds is 7. The first-order valence-electron chi connectivity index (χ1n) is 8.14. The van der Waals surface area contributed by atoms with Crippen molar-refractivity contribution in [1.29, 1.82) is 0 Å². The molecule has 0 saturated heterocycles. The summed E-state index contributed by atoms with van der Waals surface area (Å²) in [5.74, 6) is 0.840. The molecule has 0 spiro atoms. The van der Waals surface area contributed by atoms with Crippen molar-refractivity contribution >= 4 is 17.5 Å². The maximum Gasteiger partial charge on any atom is 0.272 e. The highest BCUT2D eigenvalue weighted by molar-refractivity contribution is 6.32. The van der Waals surface area contributed by atoms with Gasteiger partial charge in [0.15, 0.2) is 0 Å². The summed E-state index contributed by atoms with van der Waals surface area (Å²) >= 11 is 6.14. The van der Waals surface area contributed by atoms with Crippen LogP contribution in [0.2, 0.25) is 5.02 Å². The van der Waals surface area contributed by atoms with E-state index in [1.165, 1.54) is 6.33 Å². The van der Waals surface area contributed by atoms with Gasteiger partial charge in [0.05, 0.1) is 29.6 Å². The number of amides is 1. The Kier molecular flexibility index (Phi) is 5.87. The predicted molar refractivity (Wildman–Crippen MR) is 98.8 cm³/mol. The summed E-state index contributed by atoms with van der Waals surface area (Å²) < 4.78 is 10.8. The van der Waals surface area contributed by atoms with E-state index in [-0.39, 0.29) is 24.2 Å². The van der Waals surface area contributed by atoms with Gasteiger partial charge >= 0.3 is 0 Å². The summed E-state index contributed by atoms with van der Waals surface area (Å²) in [6, 6.07) is 8.23. The summed E-state index contributed by atoms with van der Waals surface area (Å²) in [5, 5.41) is 10.1. The number of aromatic amines is 1. The zero-order valence-corrected chi connectivity index (χ0v) is 15.5. The minimum absolute atomic E-state index is 0.188. The van der Waals surface area contributed by atoms with Crippen LogP contribution in [0.4, 0.5) is 0 Å². The number of nitrogens with one attached hydrogen (secondary N) is 2. The minimum atomic E-state index is -0.314. The fraction of sp³-hybridized carbons (Fsp3) is 0.222. The van der Waals surface area contributed by atoms with Crippen LogP contribution in [0.25, 0.3) is 0 Å². The lowest BCUT2D eigenvalue weighted by Crippen LogP contribution is -2.27. The molecule has 140 valence electrons. The number of hydrogen-bond donors (Lipinski definition) is 2. The molecule has 2 aromatic heterocycles. The van der Waals surface area contributed by atoms with Crippen molar-refractivity contribution in [3.63, 3.8) is 0 Å². The van der Waals surface area contributed by atoms with Gasteiger partial charge in [0.25, 0.3) is 5.91 Å². The van der Waals surface area contributed by atoms with E-state index in [9.17, 15) is 4.79 Å². The molecule has 0 unspecified atom stereocenters. The van der Waals surface area contributed by atoms with Crippen molar-refractivity contribution in [3.05, 3.63) is 65.0 Å². The monoisotopic (exact) mass is 387 g/mol. The molecule has 2 heterocycles. The van der Waals surface area contributed by atoms with Gasteiger partial charge in [-0.3, -0.25) is 9.89 Å². The zero-order chi connectivity index (χ0) is 19.2. The first-order valence-corrected chi connectivity index (χ1v) is 8.52. The van der Waals surface area contributed by atoms with Crippen LogP contribution < -0.4 is 14.8 Å². The number of ether oxygens (including phenoxy) is 2. The average molecular weight is 388 g/mol. The maximum absolute atomic E-state index is 12.3. The Morgan fingerprint density at radius 3 is 2.89 bits per heavy atom. The number of carbonyl (C=O) groups is 1. The maximum atomic E-state index is 12.3. The number of halogens is 1. The summed E-state index contributed by atoms with van der Waals surface area (Å²) in [7, 11) is 1.56. The molecule has 2 N–H and O–H groups in total. The zero-order valence-electron chi connectivity index (χ0n) is 14.8. The van der Waals surface area contributed by atoms with Gasteiger partial charge in [0.2, 0.25) is 0 Å². The summed E-state index contributed by atoms with van der Waals surface area (Å²) in [6.45, 7) is 2.02. The topological polar surface area (TPSA) is 102 Å². The first kappa shape index (κ1) is 18.7. The standard InChI is InChI=1S/C18H18ClN5O3/c1-11(15-5-6-20-10-21-15)22-18(25)16-7-12(23-24-16)9-27-17-4-3-13(26-2)8-14(17)19/h3-8,10-11H,9H2,1-2H3,(H,22,25)(H,23,24)/t11-/m1/s1. The fourth-order valence-corrected chi connectivity index (χ4v) is 2.56. The highest BCUT2D eigenvalue weighted by atomic mass is 35.5. The number of hydrogen-bond acceptors (Lipinski definition) is 6. The first-order chi connectivity index (χ1) is 13.1. The Bertz CT molecular complexity index is 916. The van der Waals surface area contributed by atoms with E-state index in [0.717, 1.165) is 0 Å². The minimum Gasteiger partial charge on any atom is -0.497 e. The van der Waals surface area contributed by atoms with Crippen LogP contribution in [0.5, 0.6) is 11.5 Å². The highest BCUT2D eigenvalue weighted by Crippen LogP contribution is 2.29. The molecular formula is C18H18ClN5O3. The molecule has 8 nitrogen and oxygen atoms in total. The normalized spacial score (nSPS) is 11.7. The van der Waals surface area contributed by atoms with E-state index < -0.39 is 0 Å². The molecule has 0 aliphatic rings. The lowest BCUT2D eigenvalue weighted by molar-refractivity contribution is 0.0934. The molecular weight excluding hydrogens is 370 g/mol. The quantitative estimate of drug-likeness (QED) is 0.646. The van der Waals surface area contributed by atoms with Crippen LogP contribution >= 0.6 is 11.6 Å². The third-order valence-electron chi connectivity index (χ3n) is 3.78. The van der Waals surface area contributed by atoms with Crippen molar-refractivity contribution in [2.75, 3.05) is 7.11 Å². The van der Waals surface area contributed by atoms with Crippen molar-refractivity contribution in [2.45, 2.75) is 19.6 Å². The van der Waals surface area contributed by atoms with Gasteiger partial charge in [-0.1, -0.05) is 11.6 Å². The van der Waals surface area contributed by atoms with Crippen LogP contribution in [0.3, 0.4) is 0 Å².